The van der Waals surface area contributed by atoms with E-state index >= 15 is 0 Å². The van der Waals surface area contributed by atoms with Crippen molar-refractivity contribution in [2.75, 3.05) is 10.5 Å². The van der Waals surface area contributed by atoms with E-state index in [2.05, 4.69) is 25.6 Å². The standard InChI is InChI=1S/C17H12BrCl2N3O2S/c18-10-7-16(17(21)22-9-10)26(24,25)23-15-6-5-11(19)8-13(15)12-3-1-2-4-14(12)20/h1-9,23H,(H2,21,22). The van der Waals surface area contributed by atoms with Crippen molar-refractivity contribution in [1.29, 1.82) is 0 Å². The van der Waals surface area contributed by atoms with E-state index in [-0.39, 0.29) is 10.7 Å². The quantitative estimate of drug-likeness (QED) is 0.546. The normalized spacial score (nSPS) is 11.3. The molecule has 5 nitrogen and oxygen atoms in total. The highest BCUT2D eigenvalue weighted by Gasteiger charge is 2.21. The van der Waals surface area contributed by atoms with Crippen LogP contribution < -0.4 is 10.5 Å². The lowest BCUT2D eigenvalue weighted by molar-refractivity contribution is 0.601. The van der Waals surface area contributed by atoms with Crippen molar-refractivity contribution in [3.05, 3.63) is 69.2 Å². The van der Waals surface area contributed by atoms with Gasteiger partial charge in [-0.1, -0.05) is 41.4 Å². The van der Waals surface area contributed by atoms with Crippen LogP contribution in [0.5, 0.6) is 0 Å². The lowest BCUT2D eigenvalue weighted by atomic mass is 10.0. The van der Waals surface area contributed by atoms with Crippen LogP contribution in [0.4, 0.5) is 11.5 Å². The zero-order valence-corrected chi connectivity index (χ0v) is 17.0. The molecule has 9 heteroatoms. The molecule has 0 unspecified atom stereocenters. The van der Waals surface area contributed by atoms with Crippen LogP contribution in [-0.2, 0) is 10.0 Å². The average molecular weight is 473 g/mol. The molecular weight excluding hydrogens is 461 g/mol. The predicted molar refractivity (Wildman–Crippen MR) is 109 cm³/mol. The van der Waals surface area contributed by atoms with E-state index in [1.54, 1.807) is 42.5 Å². The van der Waals surface area contributed by atoms with Crippen molar-refractivity contribution in [2.45, 2.75) is 4.90 Å². The Morgan fingerprint density at radius 1 is 1.04 bits per heavy atom. The number of anilines is 2. The van der Waals surface area contributed by atoms with Crippen LogP contribution in [-0.4, -0.2) is 13.4 Å². The number of nitrogens with two attached hydrogens (primary N) is 1. The minimum absolute atomic E-state index is 0.103. The minimum Gasteiger partial charge on any atom is -0.383 e. The molecule has 0 amide bonds. The highest BCUT2D eigenvalue weighted by Crippen LogP contribution is 2.36. The number of aromatic nitrogens is 1. The summed E-state index contributed by atoms with van der Waals surface area (Å²) in [5.74, 6) is -0.103. The number of nitrogens with zero attached hydrogens (tertiary/aromatic N) is 1. The fraction of sp³-hybridized carbons (Fsp3) is 0. The van der Waals surface area contributed by atoms with Crippen molar-refractivity contribution >= 4 is 60.7 Å². The molecule has 1 aromatic heterocycles. The zero-order valence-electron chi connectivity index (χ0n) is 13.1. The molecule has 0 fully saturated rings. The molecule has 2 aromatic carbocycles. The highest BCUT2D eigenvalue weighted by molar-refractivity contribution is 9.10. The van der Waals surface area contributed by atoms with Gasteiger partial charge in [-0.05, 0) is 46.3 Å². The van der Waals surface area contributed by atoms with Crippen molar-refractivity contribution in [3.63, 3.8) is 0 Å². The Morgan fingerprint density at radius 3 is 2.50 bits per heavy atom. The number of sulfonamides is 1. The lowest BCUT2D eigenvalue weighted by Gasteiger charge is -2.15. The molecule has 0 saturated carbocycles. The van der Waals surface area contributed by atoms with Gasteiger partial charge < -0.3 is 5.73 Å². The Kier molecular flexibility index (Phi) is 5.43. The van der Waals surface area contributed by atoms with Crippen molar-refractivity contribution in [2.24, 2.45) is 0 Å². The third-order valence-corrected chi connectivity index (χ3v) is 5.92. The molecular formula is C17H12BrCl2N3O2S. The van der Waals surface area contributed by atoms with Gasteiger partial charge in [-0.2, -0.15) is 0 Å². The molecule has 26 heavy (non-hydrogen) atoms. The van der Waals surface area contributed by atoms with E-state index in [1.807, 2.05) is 0 Å². The highest BCUT2D eigenvalue weighted by atomic mass is 79.9. The second-order valence-corrected chi connectivity index (χ2v) is 8.72. The maximum absolute atomic E-state index is 12.8. The SMILES string of the molecule is Nc1ncc(Br)cc1S(=O)(=O)Nc1ccc(Cl)cc1-c1ccccc1Cl. The molecule has 3 N–H and O–H groups in total. The molecule has 0 aliphatic heterocycles. The summed E-state index contributed by atoms with van der Waals surface area (Å²) in [7, 11) is -3.98. The molecule has 0 atom stereocenters. The lowest BCUT2D eigenvalue weighted by Crippen LogP contribution is -2.16. The molecule has 0 radical (unpaired) electrons. The van der Waals surface area contributed by atoms with Crippen molar-refractivity contribution < 1.29 is 8.42 Å². The fourth-order valence-electron chi connectivity index (χ4n) is 2.35. The Balaban J connectivity index is 2.11. The molecule has 3 aromatic rings. The summed E-state index contributed by atoms with van der Waals surface area (Å²) in [6.45, 7) is 0. The number of halogens is 3. The smallest absolute Gasteiger partial charge is 0.265 e. The van der Waals surface area contributed by atoms with Gasteiger partial charge in [0.25, 0.3) is 10.0 Å². The summed E-state index contributed by atoms with van der Waals surface area (Å²) in [4.78, 5) is 3.73. The second-order valence-electron chi connectivity index (χ2n) is 5.31. The number of rotatable bonds is 4. The first-order valence-electron chi connectivity index (χ1n) is 7.26. The Hall–Kier alpha value is -1.80. The molecule has 3 rings (SSSR count). The van der Waals surface area contributed by atoms with Crippen molar-refractivity contribution in [1.82, 2.24) is 4.98 Å². The van der Waals surface area contributed by atoms with E-state index < -0.39 is 10.0 Å². The minimum atomic E-state index is -3.98. The molecule has 0 aliphatic carbocycles. The number of nitrogens with one attached hydrogen (secondary N) is 1. The molecule has 0 saturated heterocycles. The van der Waals surface area contributed by atoms with E-state index in [1.165, 1.54) is 12.3 Å². The van der Waals surface area contributed by atoms with Crippen molar-refractivity contribution in [3.8, 4) is 11.1 Å². The largest absolute Gasteiger partial charge is 0.383 e. The Morgan fingerprint density at radius 2 is 1.77 bits per heavy atom. The summed E-state index contributed by atoms with van der Waals surface area (Å²) in [6.07, 6.45) is 1.42. The summed E-state index contributed by atoms with van der Waals surface area (Å²) in [6, 6.07) is 13.3. The fourth-order valence-corrected chi connectivity index (χ4v) is 4.43. The first-order valence-corrected chi connectivity index (χ1v) is 10.3. The maximum atomic E-state index is 12.8. The monoisotopic (exact) mass is 471 g/mol. The first kappa shape index (κ1) is 19.0. The number of nitrogen functional groups attached to an aromatic ring is 1. The Labute approximate surface area is 169 Å². The van der Waals surface area contributed by atoms with Crippen LogP contribution in [0.2, 0.25) is 10.0 Å². The van der Waals surface area contributed by atoms with Crippen LogP contribution in [0.15, 0.2) is 64.1 Å². The van der Waals surface area contributed by atoms with Crippen LogP contribution >= 0.6 is 39.1 Å². The number of hydrogen-bond acceptors (Lipinski definition) is 4. The van der Waals surface area contributed by atoms with Gasteiger partial charge in [-0.25, -0.2) is 13.4 Å². The van der Waals surface area contributed by atoms with Crippen LogP contribution in [0, 0.1) is 0 Å². The number of hydrogen-bond donors (Lipinski definition) is 2. The van der Waals surface area contributed by atoms with Gasteiger partial charge >= 0.3 is 0 Å². The van der Waals surface area contributed by atoms with E-state index in [0.29, 0.717) is 31.3 Å². The van der Waals surface area contributed by atoms with Crippen LogP contribution in [0.1, 0.15) is 0 Å². The Bertz CT molecular complexity index is 1090. The summed E-state index contributed by atoms with van der Waals surface area (Å²) < 4.78 is 28.7. The van der Waals surface area contributed by atoms with E-state index in [4.69, 9.17) is 28.9 Å². The van der Waals surface area contributed by atoms with Gasteiger partial charge in [0.2, 0.25) is 0 Å². The number of benzene rings is 2. The molecule has 0 spiro atoms. The second kappa shape index (κ2) is 7.44. The molecule has 0 bridgehead atoms. The molecule has 0 aliphatic rings. The van der Waals surface area contributed by atoms with Gasteiger partial charge in [0.05, 0.1) is 5.69 Å². The third kappa shape index (κ3) is 3.96. The maximum Gasteiger partial charge on any atom is 0.265 e. The van der Waals surface area contributed by atoms with Gasteiger partial charge in [0.1, 0.15) is 10.7 Å². The average Bonchev–Trinajstić information content (AvgIpc) is 2.59. The van der Waals surface area contributed by atoms with Crippen LogP contribution in [0.25, 0.3) is 11.1 Å². The summed E-state index contributed by atoms with van der Waals surface area (Å²) in [5.41, 5.74) is 7.25. The van der Waals surface area contributed by atoms with Gasteiger partial charge in [0.15, 0.2) is 0 Å². The third-order valence-electron chi connectivity index (χ3n) is 3.53. The topological polar surface area (TPSA) is 85.1 Å². The van der Waals surface area contributed by atoms with Crippen LogP contribution in [0.3, 0.4) is 0 Å². The van der Waals surface area contributed by atoms with Gasteiger partial charge in [-0.15, -0.1) is 0 Å². The predicted octanol–water partition coefficient (Wildman–Crippen LogP) is 5.20. The van der Waals surface area contributed by atoms with Gasteiger partial charge in [-0.3, -0.25) is 4.72 Å². The van der Waals surface area contributed by atoms with E-state index in [0.717, 1.165) is 0 Å². The molecule has 1 heterocycles. The van der Waals surface area contributed by atoms with E-state index in [9.17, 15) is 8.42 Å². The summed E-state index contributed by atoms with van der Waals surface area (Å²) >= 11 is 15.6. The van der Waals surface area contributed by atoms with Gasteiger partial charge in [0, 0.05) is 31.8 Å². The zero-order chi connectivity index (χ0) is 18.9. The first-order chi connectivity index (χ1) is 12.3. The summed E-state index contributed by atoms with van der Waals surface area (Å²) in [5, 5.41) is 0.922. The number of pyridine rings is 1. The molecule has 134 valence electrons.